The molecule has 3 atom stereocenters. The van der Waals surface area contributed by atoms with Gasteiger partial charge in [0.15, 0.2) is 0 Å². The Balaban J connectivity index is 1.78. The molecule has 100 valence electrons. The summed E-state index contributed by atoms with van der Waals surface area (Å²) in [6, 6.07) is 1.17. The van der Waals surface area contributed by atoms with Gasteiger partial charge >= 0.3 is 0 Å². The second-order valence-electron chi connectivity index (χ2n) is 5.75. The van der Waals surface area contributed by atoms with E-state index >= 15 is 0 Å². The molecule has 0 bridgehead atoms. The highest BCUT2D eigenvalue weighted by molar-refractivity contribution is 5.12. The quantitative estimate of drug-likeness (QED) is 0.717. The van der Waals surface area contributed by atoms with Gasteiger partial charge in [0.1, 0.15) is 0 Å². The fourth-order valence-corrected chi connectivity index (χ4v) is 3.50. The van der Waals surface area contributed by atoms with E-state index in [1.165, 1.54) is 25.7 Å². The van der Waals surface area contributed by atoms with E-state index in [0.717, 1.165) is 19.4 Å². The molecule has 2 saturated carbocycles. The van der Waals surface area contributed by atoms with Gasteiger partial charge in [-0.2, -0.15) is 0 Å². The van der Waals surface area contributed by atoms with E-state index in [0.29, 0.717) is 30.2 Å². The number of aliphatic hydroxyl groups excluding tert-OH is 1. The van der Waals surface area contributed by atoms with Crippen LogP contribution >= 0.6 is 0 Å². The Morgan fingerprint density at radius 1 is 1.47 bits per heavy atom. The Kier molecular flexibility index (Phi) is 4.45. The highest BCUT2D eigenvalue weighted by Gasteiger charge is 2.58. The maximum Gasteiger partial charge on any atom is 0.0661 e. The normalized spacial score (nSPS) is 31.9. The molecule has 1 spiro atoms. The van der Waals surface area contributed by atoms with E-state index < -0.39 is 0 Å². The van der Waals surface area contributed by atoms with Gasteiger partial charge in [0.25, 0.3) is 0 Å². The zero-order valence-electron chi connectivity index (χ0n) is 11.2. The number of ether oxygens (including phenoxy) is 1. The van der Waals surface area contributed by atoms with Gasteiger partial charge in [-0.05, 0) is 46.0 Å². The zero-order valence-corrected chi connectivity index (χ0v) is 11.2. The summed E-state index contributed by atoms with van der Waals surface area (Å²) in [7, 11) is 0. The average molecular weight is 241 g/mol. The lowest BCUT2D eigenvalue weighted by Crippen LogP contribution is -2.67. The van der Waals surface area contributed by atoms with Crippen molar-refractivity contribution in [3.63, 3.8) is 0 Å². The zero-order chi connectivity index (χ0) is 12.3. The Labute approximate surface area is 105 Å². The van der Waals surface area contributed by atoms with E-state index in [9.17, 15) is 0 Å². The summed E-state index contributed by atoms with van der Waals surface area (Å²) in [5.74, 6) is 0. The molecule has 0 aromatic rings. The summed E-state index contributed by atoms with van der Waals surface area (Å²) in [6.45, 7) is 5.48. The van der Waals surface area contributed by atoms with Crippen LogP contribution in [0.15, 0.2) is 0 Å². The Hall–Kier alpha value is -0.120. The molecule has 3 unspecified atom stereocenters. The van der Waals surface area contributed by atoms with Crippen molar-refractivity contribution in [2.24, 2.45) is 5.41 Å². The fraction of sp³-hybridized carbons (Fsp3) is 1.00. The maximum absolute atomic E-state index is 8.84. The number of rotatable bonds is 7. The van der Waals surface area contributed by atoms with Gasteiger partial charge in [-0.3, -0.25) is 0 Å². The van der Waals surface area contributed by atoms with E-state index in [-0.39, 0.29) is 0 Å². The average Bonchev–Trinajstić information content (AvgIpc) is 2.22. The molecule has 2 N–H and O–H groups in total. The smallest absolute Gasteiger partial charge is 0.0661 e. The van der Waals surface area contributed by atoms with Crippen LogP contribution in [0.2, 0.25) is 0 Å². The molecular formula is C14H27NO2. The molecule has 2 fully saturated rings. The van der Waals surface area contributed by atoms with Gasteiger partial charge in [-0.25, -0.2) is 0 Å². The Bertz CT molecular complexity index is 240. The molecule has 2 aliphatic carbocycles. The summed E-state index contributed by atoms with van der Waals surface area (Å²) >= 11 is 0. The number of hydrogen-bond acceptors (Lipinski definition) is 3. The lowest BCUT2D eigenvalue weighted by Gasteiger charge is -2.61. The van der Waals surface area contributed by atoms with Gasteiger partial charge in [0.05, 0.1) is 6.10 Å². The lowest BCUT2D eigenvalue weighted by atomic mass is 9.51. The van der Waals surface area contributed by atoms with E-state index in [4.69, 9.17) is 9.84 Å². The summed E-state index contributed by atoms with van der Waals surface area (Å²) < 4.78 is 5.85. The van der Waals surface area contributed by atoms with Crippen LogP contribution in [0.25, 0.3) is 0 Å². The number of nitrogens with one attached hydrogen (secondary N) is 1. The van der Waals surface area contributed by atoms with Crippen molar-refractivity contribution >= 4 is 0 Å². The van der Waals surface area contributed by atoms with Crippen LogP contribution in [0.3, 0.4) is 0 Å². The molecule has 0 heterocycles. The molecule has 0 aliphatic heterocycles. The predicted molar refractivity (Wildman–Crippen MR) is 69.0 cm³/mol. The first kappa shape index (κ1) is 13.3. The van der Waals surface area contributed by atoms with Crippen LogP contribution in [-0.4, -0.2) is 36.5 Å². The standard InChI is InChI=1S/C14H27NO2/c1-3-17-13-10-12(14(13)7-5-8-14)15-11(2)6-4-9-16/h11-13,15-16H,3-10H2,1-2H3. The Morgan fingerprint density at radius 3 is 2.76 bits per heavy atom. The molecule has 2 rings (SSSR count). The second kappa shape index (κ2) is 5.68. The minimum absolute atomic E-state index is 0.309. The van der Waals surface area contributed by atoms with Crippen molar-refractivity contribution in [1.82, 2.24) is 5.32 Å². The SMILES string of the molecule is CCOC1CC(NC(C)CCCO)C12CCC2. The molecule has 0 radical (unpaired) electrons. The molecule has 3 heteroatoms. The van der Waals surface area contributed by atoms with Crippen molar-refractivity contribution < 1.29 is 9.84 Å². The molecule has 0 aromatic carbocycles. The fourth-order valence-electron chi connectivity index (χ4n) is 3.50. The minimum atomic E-state index is 0.309. The van der Waals surface area contributed by atoms with E-state index in [2.05, 4.69) is 19.2 Å². The third-order valence-electron chi connectivity index (χ3n) is 4.72. The third-order valence-corrected chi connectivity index (χ3v) is 4.72. The van der Waals surface area contributed by atoms with E-state index in [1.807, 2.05) is 0 Å². The second-order valence-corrected chi connectivity index (χ2v) is 5.75. The molecule has 0 saturated heterocycles. The summed E-state index contributed by atoms with van der Waals surface area (Å²) in [4.78, 5) is 0. The van der Waals surface area contributed by atoms with Gasteiger partial charge in [0.2, 0.25) is 0 Å². The maximum atomic E-state index is 8.84. The van der Waals surface area contributed by atoms with Crippen molar-refractivity contribution in [3.05, 3.63) is 0 Å². The number of hydrogen-bond donors (Lipinski definition) is 2. The summed E-state index contributed by atoms with van der Waals surface area (Å²) in [6.07, 6.45) is 7.70. The highest BCUT2D eigenvalue weighted by Crippen LogP contribution is 2.57. The molecule has 3 nitrogen and oxygen atoms in total. The van der Waals surface area contributed by atoms with Gasteiger partial charge in [-0.1, -0.05) is 6.42 Å². The first-order valence-electron chi connectivity index (χ1n) is 7.21. The van der Waals surface area contributed by atoms with Crippen LogP contribution in [-0.2, 0) is 4.74 Å². The van der Waals surface area contributed by atoms with Gasteiger partial charge < -0.3 is 15.2 Å². The van der Waals surface area contributed by atoms with Crippen molar-refractivity contribution in [2.75, 3.05) is 13.2 Å². The first-order chi connectivity index (χ1) is 8.23. The van der Waals surface area contributed by atoms with Crippen molar-refractivity contribution in [1.29, 1.82) is 0 Å². The van der Waals surface area contributed by atoms with Gasteiger partial charge in [0, 0.05) is 30.7 Å². The highest BCUT2D eigenvalue weighted by atomic mass is 16.5. The molecule has 17 heavy (non-hydrogen) atoms. The third kappa shape index (κ3) is 2.51. The van der Waals surface area contributed by atoms with E-state index in [1.54, 1.807) is 0 Å². The topological polar surface area (TPSA) is 41.5 Å². The molecule has 2 aliphatic rings. The minimum Gasteiger partial charge on any atom is -0.396 e. The van der Waals surface area contributed by atoms with Crippen LogP contribution < -0.4 is 5.32 Å². The predicted octanol–water partition coefficient (Wildman–Crippen LogP) is 2.08. The summed E-state index contributed by atoms with van der Waals surface area (Å²) in [5, 5.41) is 12.6. The molecule has 0 aromatic heterocycles. The lowest BCUT2D eigenvalue weighted by molar-refractivity contribution is -0.174. The number of aliphatic hydroxyl groups is 1. The largest absolute Gasteiger partial charge is 0.396 e. The van der Waals surface area contributed by atoms with Crippen LogP contribution in [0.5, 0.6) is 0 Å². The van der Waals surface area contributed by atoms with Crippen molar-refractivity contribution in [3.8, 4) is 0 Å². The monoisotopic (exact) mass is 241 g/mol. The van der Waals surface area contributed by atoms with Crippen molar-refractivity contribution in [2.45, 2.75) is 70.6 Å². The molecule has 0 amide bonds. The van der Waals surface area contributed by atoms with Crippen LogP contribution in [0.4, 0.5) is 0 Å². The first-order valence-corrected chi connectivity index (χ1v) is 7.21. The van der Waals surface area contributed by atoms with Gasteiger partial charge in [-0.15, -0.1) is 0 Å². The van der Waals surface area contributed by atoms with Crippen LogP contribution in [0.1, 0.15) is 52.4 Å². The summed E-state index contributed by atoms with van der Waals surface area (Å²) in [5.41, 5.74) is 0.462. The Morgan fingerprint density at radius 2 is 2.24 bits per heavy atom. The molecular weight excluding hydrogens is 214 g/mol. The van der Waals surface area contributed by atoms with Crippen LogP contribution in [0, 0.1) is 5.41 Å².